The molecule has 11 heavy (non-hydrogen) atoms. The van der Waals surface area contributed by atoms with Crippen molar-refractivity contribution in [2.24, 2.45) is 0 Å². The summed E-state index contributed by atoms with van der Waals surface area (Å²) in [6.07, 6.45) is 8.66. The van der Waals surface area contributed by atoms with Crippen LogP contribution in [0.4, 0.5) is 0 Å². The zero-order valence-electron chi connectivity index (χ0n) is 7.25. The van der Waals surface area contributed by atoms with Gasteiger partial charge in [-0.15, -0.1) is 0 Å². The molecule has 2 heteroatoms. The number of rotatable bonds is 5. The molecule has 0 fully saturated rings. The molecule has 0 bridgehead atoms. The summed E-state index contributed by atoms with van der Waals surface area (Å²) in [5, 5.41) is 11.9. The average Bonchev–Trinajstić information content (AvgIpc) is 2.05. The van der Waals surface area contributed by atoms with Gasteiger partial charge in [-0.05, 0) is 26.5 Å². The number of aliphatic hydroxyl groups is 1. The summed E-state index contributed by atoms with van der Waals surface area (Å²) < 4.78 is 0. The highest BCUT2D eigenvalue weighted by Crippen LogP contribution is 1.92. The van der Waals surface area contributed by atoms with Crippen LogP contribution in [0.5, 0.6) is 0 Å². The lowest BCUT2D eigenvalue weighted by Crippen LogP contribution is -2.27. The molecule has 0 rings (SSSR count). The zero-order chi connectivity index (χ0) is 8.53. The Hall–Kier alpha value is -0.760. The second-order valence-corrected chi connectivity index (χ2v) is 2.35. The Morgan fingerprint density at radius 3 is 2.55 bits per heavy atom. The van der Waals surface area contributed by atoms with Gasteiger partial charge in [-0.25, -0.2) is 0 Å². The highest BCUT2D eigenvalue weighted by atomic mass is 16.3. The third-order valence-corrected chi connectivity index (χ3v) is 1.38. The van der Waals surface area contributed by atoms with Crippen LogP contribution in [0.15, 0.2) is 24.4 Å². The van der Waals surface area contributed by atoms with E-state index < -0.39 is 0 Å². The lowest BCUT2D eigenvalue weighted by Gasteiger charge is -2.11. The molecule has 0 amide bonds. The van der Waals surface area contributed by atoms with Crippen molar-refractivity contribution < 1.29 is 5.11 Å². The van der Waals surface area contributed by atoms with Gasteiger partial charge < -0.3 is 10.4 Å². The fraction of sp³-hybridized carbons (Fsp3) is 0.556. The molecule has 0 aromatic rings. The van der Waals surface area contributed by atoms with Crippen LogP contribution in [0.2, 0.25) is 0 Å². The first-order chi connectivity index (χ1) is 5.35. The van der Waals surface area contributed by atoms with Crippen molar-refractivity contribution in [3.05, 3.63) is 24.4 Å². The van der Waals surface area contributed by atoms with Crippen molar-refractivity contribution in [2.45, 2.75) is 26.3 Å². The summed E-state index contributed by atoms with van der Waals surface area (Å²) in [7, 11) is 0. The Balaban J connectivity index is 3.57. The Kier molecular flexibility index (Phi) is 6.84. The maximum absolute atomic E-state index is 8.85. The quantitative estimate of drug-likeness (QED) is 0.589. The van der Waals surface area contributed by atoms with E-state index in [-0.39, 0.29) is 12.6 Å². The molecule has 64 valence electrons. The number of hydrogen-bond acceptors (Lipinski definition) is 2. The summed E-state index contributed by atoms with van der Waals surface area (Å²) in [5.41, 5.74) is 0. The van der Waals surface area contributed by atoms with E-state index >= 15 is 0 Å². The Bertz CT molecular complexity index is 116. The smallest absolute Gasteiger partial charge is 0.0635 e. The molecule has 0 heterocycles. The fourth-order valence-corrected chi connectivity index (χ4v) is 0.728. The van der Waals surface area contributed by atoms with Gasteiger partial charge in [0.1, 0.15) is 0 Å². The van der Waals surface area contributed by atoms with Gasteiger partial charge >= 0.3 is 0 Å². The van der Waals surface area contributed by atoms with E-state index in [4.69, 9.17) is 5.11 Å². The molecule has 0 aliphatic heterocycles. The lowest BCUT2D eigenvalue weighted by molar-refractivity contribution is 0.253. The third kappa shape index (κ3) is 5.67. The molecule has 0 aliphatic rings. The summed E-state index contributed by atoms with van der Waals surface area (Å²) in [4.78, 5) is 0. The highest BCUT2D eigenvalue weighted by molar-refractivity contribution is 4.87. The fourth-order valence-electron chi connectivity index (χ4n) is 0.728. The van der Waals surface area contributed by atoms with Gasteiger partial charge in [0.15, 0.2) is 0 Å². The minimum atomic E-state index is 0.155. The molecule has 0 unspecified atom stereocenters. The van der Waals surface area contributed by atoms with Crippen LogP contribution in [-0.4, -0.2) is 17.8 Å². The van der Waals surface area contributed by atoms with Crippen LogP contribution in [0.1, 0.15) is 20.3 Å². The van der Waals surface area contributed by atoms with Gasteiger partial charge in [-0.1, -0.05) is 18.2 Å². The van der Waals surface area contributed by atoms with Crippen LogP contribution < -0.4 is 5.32 Å². The number of hydrogen-bond donors (Lipinski definition) is 2. The summed E-state index contributed by atoms with van der Waals surface area (Å²) in [5.74, 6) is 0. The minimum Gasteiger partial charge on any atom is -0.394 e. The number of aliphatic hydroxyl groups excluding tert-OH is 1. The SMILES string of the molecule is C/C=C/C[C@H](CO)N/C=C/C. The van der Waals surface area contributed by atoms with Crippen LogP contribution in [0.3, 0.4) is 0 Å². The molecule has 0 saturated heterocycles. The molecule has 0 aromatic carbocycles. The van der Waals surface area contributed by atoms with E-state index in [2.05, 4.69) is 5.32 Å². The topological polar surface area (TPSA) is 32.3 Å². The van der Waals surface area contributed by atoms with Crippen molar-refractivity contribution in [2.75, 3.05) is 6.61 Å². The van der Waals surface area contributed by atoms with Gasteiger partial charge in [0.2, 0.25) is 0 Å². The standard InChI is InChI=1S/C9H17NO/c1-3-5-6-9(8-11)10-7-4-2/h3-5,7,9-11H,6,8H2,1-2H3/b5-3+,7-4+/t9-/m1/s1. The molecule has 0 aromatic heterocycles. The van der Waals surface area contributed by atoms with Gasteiger partial charge in [0.05, 0.1) is 12.6 Å². The molecule has 0 spiro atoms. The monoisotopic (exact) mass is 155 g/mol. The maximum atomic E-state index is 8.85. The Labute approximate surface area is 68.6 Å². The van der Waals surface area contributed by atoms with Crippen molar-refractivity contribution >= 4 is 0 Å². The Morgan fingerprint density at radius 2 is 2.09 bits per heavy atom. The summed E-state index contributed by atoms with van der Waals surface area (Å²) >= 11 is 0. The maximum Gasteiger partial charge on any atom is 0.0635 e. The van der Waals surface area contributed by atoms with E-state index in [1.165, 1.54) is 0 Å². The van der Waals surface area contributed by atoms with Gasteiger partial charge in [0.25, 0.3) is 0 Å². The zero-order valence-corrected chi connectivity index (χ0v) is 7.25. The van der Waals surface area contributed by atoms with E-state index in [0.717, 1.165) is 6.42 Å². The van der Waals surface area contributed by atoms with E-state index in [1.807, 2.05) is 38.3 Å². The molecule has 0 radical (unpaired) electrons. The largest absolute Gasteiger partial charge is 0.394 e. The second kappa shape index (κ2) is 7.35. The first-order valence-corrected chi connectivity index (χ1v) is 3.94. The lowest BCUT2D eigenvalue weighted by atomic mass is 10.2. The van der Waals surface area contributed by atoms with Gasteiger partial charge in [-0.2, -0.15) is 0 Å². The van der Waals surface area contributed by atoms with Crippen LogP contribution in [0, 0.1) is 0 Å². The van der Waals surface area contributed by atoms with Crippen LogP contribution in [-0.2, 0) is 0 Å². The summed E-state index contributed by atoms with van der Waals surface area (Å²) in [6, 6.07) is 0.155. The van der Waals surface area contributed by atoms with E-state index in [0.29, 0.717) is 0 Å². The molecular formula is C9H17NO. The molecule has 1 atom stereocenters. The van der Waals surface area contributed by atoms with Gasteiger partial charge in [-0.3, -0.25) is 0 Å². The number of allylic oxidation sites excluding steroid dienone is 2. The summed E-state index contributed by atoms with van der Waals surface area (Å²) in [6.45, 7) is 4.09. The molecule has 2 nitrogen and oxygen atoms in total. The van der Waals surface area contributed by atoms with Crippen molar-refractivity contribution in [3.8, 4) is 0 Å². The molecule has 0 saturated carbocycles. The van der Waals surface area contributed by atoms with E-state index in [1.54, 1.807) is 0 Å². The van der Waals surface area contributed by atoms with Crippen LogP contribution in [0.25, 0.3) is 0 Å². The first kappa shape index (κ1) is 10.2. The minimum absolute atomic E-state index is 0.155. The number of nitrogens with one attached hydrogen (secondary N) is 1. The normalized spacial score (nSPS) is 14.5. The van der Waals surface area contributed by atoms with Crippen LogP contribution >= 0.6 is 0 Å². The van der Waals surface area contributed by atoms with Crippen molar-refractivity contribution in [3.63, 3.8) is 0 Å². The van der Waals surface area contributed by atoms with E-state index in [9.17, 15) is 0 Å². The first-order valence-electron chi connectivity index (χ1n) is 3.94. The van der Waals surface area contributed by atoms with Gasteiger partial charge in [0, 0.05) is 0 Å². The predicted octanol–water partition coefficient (Wildman–Crippen LogP) is 1.44. The third-order valence-electron chi connectivity index (χ3n) is 1.38. The second-order valence-electron chi connectivity index (χ2n) is 2.35. The van der Waals surface area contributed by atoms with Crippen molar-refractivity contribution in [1.82, 2.24) is 5.32 Å². The predicted molar refractivity (Wildman–Crippen MR) is 48.3 cm³/mol. The molecular weight excluding hydrogens is 138 g/mol. The average molecular weight is 155 g/mol. The molecule has 0 aliphatic carbocycles. The highest BCUT2D eigenvalue weighted by Gasteiger charge is 1.99. The van der Waals surface area contributed by atoms with Crippen molar-refractivity contribution in [1.29, 1.82) is 0 Å². The Morgan fingerprint density at radius 1 is 1.36 bits per heavy atom. The molecule has 2 N–H and O–H groups in total.